The van der Waals surface area contributed by atoms with Gasteiger partial charge in [0.15, 0.2) is 0 Å². The van der Waals surface area contributed by atoms with Crippen molar-refractivity contribution in [2.24, 2.45) is 5.92 Å². The monoisotopic (exact) mass is 244 g/mol. The summed E-state index contributed by atoms with van der Waals surface area (Å²) >= 11 is 0. The van der Waals surface area contributed by atoms with Gasteiger partial charge in [0.1, 0.15) is 0 Å². The highest BCUT2D eigenvalue weighted by atomic mass is 16.4. The molecule has 102 valence electrons. The van der Waals surface area contributed by atoms with Crippen LogP contribution in [0, 0.1) is 5.92 Å². The van der Waals surface area contributed by atoms with Crippen LogP contribution in [0.5, 0.6) is 0 Å². The van der Waals surface area contributed by atoms with Crippen molar-refractivity contribution in [1.82, 2.24) is 0 Å². The Kier molecular flexibility index (Phi) is 10.2. The molecule has 17 heavy (non-hydrogen) atoms. The number of hydrogen-bond donors (Lipinski definition) is 2. The Morgan fingerprint density at radius 1 is 1.00 bits per heavy atom. The number of carbonyl (C=O) groups is 1. The molecule has 0 spiro atoms. The van der Waals surface area contributed by atoms with Crippen LogP contribution in [0.2, 0.25) is 0 Å². The Labute approximate surface area is 105 Å². The van der Waals surface area contributed by atoms with E-state index in [-0.39, 0.29) is 0 Å². The second-order valence-corrected chi connectivity index (χ2v) is 4.95. The molecule has 0 aliphatic heterocycles. The minimum atomic E-state index is -0.872. The minimum Gasteiger partial charge on any atom is -0.481 e. The molecule has 0 amide bonds. The lowest BCUT2D eigenvalue weighted by molar-refractivity contribution is -0.145. The standard InChI is InChI=1S/C14H28O3/c1-3-4-5-6-7-8-9-10-11-13(12(2)15)14(16)17/h12-13,15H,3-11H2,1-2H3,(H,16,17). The number of unbranched alkanes of at least 4 members (excludes halogenated alkanes) is 7. The maximum atomic E-state index is 10.8. The van der Waals surface area contributed by atoms with Crippen molar-refractivity contribution in [3.63, 3.8) is 0 Å². The van der Waals surface area contributed by atoms with E-state index in [2.05, 4.69) is 6.92 Å². The second kappa shape index (κ2) is 10.6. The van der Waals surface area contributed by atoms with Crippen LogP contribution in [0.15, 0.2) is 0 Å². The van der Waals surface area contributed by atoms with Crippen molar-refractivity contribution >= 4 is 5.97 Å². The van der Waals surface area contributed by atoms with E-state index >= 15 is 0 Å². The number of carboxylic acids is 1. The van der Waals surface area contributed by atoms with Gasteiger partial charge in [-0.2, -0.15) is 0 Å². The Balaban J connectivity index is 3.40. The van der Waals surface area contributed by atoms with Crippen LogP contribution in [-0.2, 0) is 4.79 Å². The summed E-state index contributed by atoms with van der Waals surface area (Å²) in [5, 5.41) is 18.2. The molecule has 0 aromatic rings. The maximum Gasteiger partial charge on any atom is 0.309 e. The number of hydrogen-bond acceptors (Lipinski definition) is 2. The summed E-state index contributed by atoms with van der Waals surface area (Å²) in [6.45, 7) is 3.77. The first-order valence-electron chi connectivity index (χ1n) is 7.00. The Morgan fingerprint density at radius 2 is 1.47 bits per heavy atom. The quantitative estimate of drug-likeness (QED) is 0.546. The van der Waals surface area contributed by atoms with Crippen molar-refractivity contribution in [3.8, 4) is 0 Å². The van der Waals surface area contributed by atoms with Crippen LogP contribution < -0.4 is 0 Å². The number of aliphatic hydroxyl groups is 1. The smallest absolute Gasteiger partial charge is 0.309 e. The summed E-state index contributed by atoms with van der Waals surface area (Å²) in [6, 6.07) is 0. The molecule has 3 nitrogen and oxygen atoms in total. The molecule has 0 aromatic heterocycles. The van der Waals surface area contributed by atoms with Gasteiger partial charge in [-0.3, -0.25) is 4.79 Å². The molecule has 0 aliphatic rings. The molecular formula is C14H28O3. The van der Waals surface area contributed by atoms with E-state index in [9.17, 15) is 9.90 Å². The van der Waals surface area contributed by atoms with Crippen molar-refractivity contribution in [1.29, 1.82) is 0 Å². The molecule has 3 heteroatoms. The molecule has 0 saturated carbocycles. The van der Waals surface area contributed by atoms with Crippen LogP contribution in [0.4, 0.5) is 0 Å². The minimum absolute atomic E-state index is 0.588. The molecule has 0 fully saturated rings. The average molecular weight is 244 g/mol. The molecule has 2 atom stereocenters. The molecule has 2 unspecified atom stereocenters. The summed E-state index contributed by atoms with van der Waals surface area (Å²) in [6.07, 6.45) is 9.52. The second-order valence-electron chi connectivity index (χ2n) is 4.95. The van der Waals surface area contributed by atoms with E-state index in [1.807, 2.05) is 0 Å². The van der Waals surface area contributed by atoms with E-state index in [1.54, 1.807) is 6.92 Å². The zero-order valence-electron chi connectivity index (χ0n) is 11.3. The van der Waals surface area contributed by atoms with Crippen molar-refractivity contribution < 1.29 is 15.0 Å². The van der Waals surface area contributed by atoms with Gasteiger partial charge in [-0.25, -0.2) is 0 Å². The number of aliphatic carboxylic acids is 1. The fraction of sp³-hybridized carbons (Fsp3) is 0.929. The third-order valence-corrected chi connectivity index (χ3v) is 3.27. The van der Waals surface area contributed by atoms with Gasteiger partial charge in [-0.05, 0) is 13.3 Å². The van der Waals surface area contributed by atoms with Crippen LogP contribution in [0.25, 0.3) is 0 Å². The van der Waals surface area contributed by atoms with Crippen LogP contribution >= 0.6 is 0 Å². The van der Waals surface area contributed by atoms with E-state index in [4.69, 9.17) is 5.11 Å². The van der Waals surface area contributed by atoms with Crippen molar-refractivity contribution in [3.05, 3.63) is 0 Å². The third kappa shape index (κ3) is 9.16. The Bertz CT molecular complexity index is 190. The molecule has 0 radical (unpaired) electrons. The fourth-order valence-corrected chi connectivity index (χ4v) is 2.07. The zero-order chi connectivity index (χ0) is 13.1. The van der Waals surface area contributed by atoms with E-state index in [0.717, 1.165) is 12.8 Å². The summed E-state index contributed by atoms with van der Waals surface area (Å²) in [5.74, 6) is -1.46. The number of carboxylic acid groups (broad SMARTS) is 1. The highest BCUT2D eigenvalue weighted by Gasteiger charge is 2.21. The van der Waals surface area contributed by atoms with Gasteiger partial charge in [0.2, 0.25) is 0 Å². The first kappa shape index (κ1) is 16.4. The van der Waals surface area contributed by atoms with Gasteiger partial charge >= 0.3 is 5.97 Å². The summed E-state index contributed by atoms with van der Waals surface area (Å²) in [4.78, 5) is 10.8. The summed E-state index contributed by atoms with van der Waals surface area (Å²) in [5.41, 5.74) is 0. The topological polar surface area (TPSA) is 57.5 Å². The van der Waals surface area contributed by atoms with E-state index in [1.165, 1.54) is 38.5 Å². The SMILES string of the molecule is CCCCCCCCCCC(C(=O)O)C(C)O. The van der Waals surface area contributed by atoms with Gasteiger partial charge in [0, 0.05) is 0 Å². The van der Waals surface area contributed by atoms with Crippen LogP contribution in [-0.4, -0.2) is 22.3 Å². The number of aliphatic hydroxyl groups excluding tert-OH is 1. The van der Waals surface area contributed by atoms with Gasteiger partial charge in [-0.1, -0.05) is 58.3 Å². The van der Waals surface area contributed by atoms with Gasteiger partial charge in [0.25, 0.3) is 0 Å². The molecule has 2 N–H and O–H groups in total. The third-order valence-electron chi connectivity index (χ3n) is 3.27. The molecule has 0 rings (SSSR count). The molecule has 0 saturated heterocycles. The van der Waals surface area contributed by atoms with Crippen LogP contribution in [0.3, 0.4) is 0 Å². The predicted octanol–water partition coefficient (Wildman–Crippen LogP) is 3.60. The predicted molar refractivity (Wildman–Crippen MR) is 70.0 cm³/mol. The summed E-state index contributed by atoms with van der Waals surface area (Å²) < 4.78 is 0. The first-order chi connectivity index (χ1) is 8.09. The molecule has 0 aliphatic carbocycles. The van der Waals surface area contributed by atoms with Gasteiger partial charge < -0.3 is 10.2 Å². The van der Waals surface area contributed by atoms with Gasteiger partial charge in [-0.15, -0.1) is 0 Å². The molecule has 0 bridgehead atoms. The average Bonchev–Trinajstić information content (AvgIpc) is 2.26. The number of rotatable bonds is 11. The van der Waals surface area contributed by atoms with E-state index in [0.29, 0.717) is 6.42 Å². The first-order valence-corrected chi connectivity index (χ1v) is 7.00. The zero-order valence-corrected chi connectivity index (χ0v) is 11.3. The lowest BCUT2D eigenvalue weighted by Crippen LogP contribution is -2.25. The van der Waals surface area contributed by atoms with Crippen LogP contribution in [0.1, 0.15) is 71.6 Å². The highest BCUT2D eigenvalue weighted by Crippen LogP contribution is 2.16. The fourth-order valence-electron chi connectivity index (χ4n) is 2.07. The Morgan fingerprint density at radius 3 is 1.88 bits per heavy atom. The largest absolute Gasteiger partial charge is 0.481 e. The highest BCUT2D eigenvalue weighted by molar-refractivity contribution is 5.70. The molecule has 0 heterocycles. The Hall–Kier alpha value is -0.570. The lowest BCUT2D eigenvalue weighted by Gasteiger charge is -2.14. The normalized spacial score (nSPS) is 14.5. The van der Waals surface area contributed by atoms with E-state index < -0.39 is 18.0 Å². The van der Waals surface area contributed by atoms with Gasteiger partial charge in [0.05, 0.1) is 12.0 Å². The molecule has 0 aromatic carbocycles. The maximum absolute atomic E-state index is 10.8. The van der Waals surface area contributed by atoms with Crippen molar-refractivity contribution in [2.75, 3.05) is 0 Å². The lowest BCUT2D eigenvalue weighted by atomic mass is 9.96. The summed E-state index contributed by atoms with van der Waals surface area (Å²) in [7, 11) is 0. The molecular weight excluding hydrogens is 216 g/mol. The van der Waals surface area contributed by atoms with Crippen molar-refractivity contribution in [2.45, 2.75) is 77.7 Å².